The molecule has 1 aromatic rings. The van der Waals surface area contributed by atoms with Gasteiger partial charge in [0, 0.05) is 36.8 Å². The molecule has 3 N–H and O–H groups in total. The van der Waals surface area contributed by atoms with Gasteiger partial charge in [-0.15, -0.1) is 0 Å². The molecular weight excluding hydrogens is 324 g/mol. The second kappa shape index (κ2) is 6.81. The molecular formula is C18H27ClN4O. The van der Waals surface area contributed by atoms with E-state index in [-0.39, 0.29) is 11.4 Å². The number of hydrazine groups is 1. The Morgan fingerprint density at radius 2 is 2.08 bits per heavy atom. The number of anilines is 2. The molecule has 1 aliphatic carbocycles. The molecule has 0 radical (unpaired) electrons. The van der Waals surface area contributed by atoms with E-state index in [0.29, 0.717) is 11.4 Å². The van der Waals surface area contributed by atoms with Gasteiger partial charge < -0.3 is 15.2 Å². The third kappa shape index (κ3) is 2.95. The third-order valence-electron chi connectivity index (χ3n) is 5.60. The van der Waals surface area contributed by atoms with Crippen LogP contribution in [-0.2, 0) is 4.79 Å². The van der Waals surface area contributed by atoms with Crippen molar-refractivity contribution in [1.29, 1.82) is 0 Å². The molecule has 1 aliphatic heterocycles. The number of benzene rings is 1. The summed E-state index contributed by atoms with van der Waals surface area (Å²) in [5.41, 5.74) is 5.81. The molecule has 132 valence electrons. The maximum atomic E-state index is 12.5. The van der Waals surface area contributed by atoms with E-state index in [9.17, 15) is 4.79 Å². The summed E-state index contributed by atoms with van der Waals surface area (Å²) in [7, 11) is 0. The summed E-state index contributed by atoms with van der Waals surface area (Å²) in [6.45, 7) is 6.68. The van der Waals surface area contributed by atoms with E-state index in [1.54, 1.807) is 0 Å². The van der Waals surface area contributed by atoms with Gasteiger partial charge in [-0.3, -0.25) is 10.6 Å². The van der Waals surface area contributed by atoms with Crippen molar-refractivity contribution in [3.8, 4) is 0 Å². The number of nitrogens with two attached hydrogens (primary N) is 1. The molecule has 1 amide bonds. The molecule has 3 rings (SSSR count). The molecule has 2 aliphatic rings. The summed E-state index contributed by atoms with van der Waals surface area (Å²) in [6.07, 6.45) is 4.95. The zero-order valence-corrected chi connectivity index (χ0v) is 15.3. The molecule has 24 heavy (non-hydrogen) atoms. The van der Waals surface area contributed by atoms with Crippen LogP contribution in [0.4, 0.5) is 11.4 Å². The normalized spacial score (nSPS) is 19.8. The number of nitrogen functional groups attached to an aromatic ring is 1. The van der Waals surface area contributed by atoms with Gasteiger partial charge in [0.05, 0.1) is 11.2 Å². The van der Waals surface area contributed by atoms with E-state index in [0.717, 1.165) is 55.8 Å². The Labute approximate surface area is 149 Å². The van der Waals surface area contributed by atoms with Crippen molar-refractivity contribution in [3.05, 3.63) is 22.7 Å². The van der Waals surface area contributed by atoms with Crippen molar-refractivity contribution < 1.29 is 4.79 Å². The predicted octanol–water partition coefficient (Wildman–Crippen LogP) is 3.31. The number of carbonyl (C=O) groups is 1. The topological polar surface area (TPSA) is 61.6 Å². The second-order valence-electron chi connectivity index (χ2n) is 6.99. The number of hydrogen-bond donors (Lipinski definition) is 2. The van der Waals surface area contributed by atoms with Crippen molar-refractivity contribution in [1.82, 2.24) is 4.90 Å². The monoisotopic (exact) mass is 350 g/mol. The second-order valence-corrected chi connectivity index (χ2v) is 7.43. The van der Waals surface area contributed by atoms with Gasteiger partial charge in [-0.05, 0) is 50.3 Å². The summed E-state index contributed by atoms with van der Waals surface area (Å²) >= 11 is 6.29. The van der Waals surface area contributed by atoms with Crippen LogP contribution in [-0.4, -0.2) is 36.0 Å². The van der Waals surface area contributed by atoms with Crippen LogP contribution < -0.4 is 16.2 Å². The van der Waals surface area contributed by atoms with E-state index in [4.69, 9.17) is 17.4 Å². The first-order chi connectivity index (χ1) is 11.5. The first-order valence-corrected chi connectivity index (χ1v) is 9.21. The number of amides is 1. The lowest BCUT2D eigenvalue weighted by Crippen LogP contribution is -2.60. The van der Waals surface area contributed by atoms with E-state index < -0.39 is 0 Å². The highest BCUT2D eigenvalue weighted by Gasteiger charge is 2.46. The van der Waals surface area contributed by atoms with Gasteiger partial charge >= 0.3 is 0 Å². The molecule has 1 aromatic carbocycles. The minimum Gasteiger partial charge on any atom is -0.369 e. The molecule has 0 atom stereocenters. The Hall–Kier alpha value is -1.46. The van der Waals surface area contributed by atoms with Crippen LogP contribution in [0, 0.1) is 6.92 Å². The molecule has 6 heteroatoms. The van der Waals surface area contributed by atoms with Gasteiger partial charge in [0.1, 0.15) is 0 Å². The minimum atomic E-state index is -0.00530. The van der Waals surface area contributed by atoms with E-state index in [2.05, 4.69) is 22.1 Å². The fourth-order valence-corrected chi connectivity index (χ4v) is 4.33. The standard InChI is InChI=1S/C18H27ClN4O/c1-3-17(24)23-9-5-8-22(12-18(23)6-4-7-18)16-11-14(19)10-15(21-20)13(16)2/h10-11,21H,3-9,12,20H2,1-2H3. The highest BCUT2D eigenvalue weighted by molar-refractivity contribution is 6.31. The molecule has 2 fully saturated rings. The summed E-state index contributed by atoms with van der Waals surface area (Å²) in [5.74, 6) is 5.92. The quantitative estimate of drug-likeness (QED) is 0.648. The van der Waals surface area contributed by atoms with Crippen molar-refractivity contribution in [3.63, 3.8) is 0 Å². The molecule has 1 saturated carbocycles. The number of hydrogen-bond acceptors (Lipinski definition) is 4. The van der Waals surface area contributed by atoms with Crippen molar-refractivity contribution >= 4 is 28.9 Å². The largest absolute Gasteiger partial charge is 0.369 e. The van der Waals surface area contributed by atoms with E-state index >= 15 is 0 Å². The van der Waals surface area contributed by atoms with E-state index in [1.807, 2.05) is 19.1 Å². The molecule has 1 heterocycles. The Kier molecular flexibility index (Phi) is 4.92. The highest BCUT2D eigenvalue weighted by Crippen LogP contribution is 2.42. The van der Waals surface area contributed by atoms with Crippen LogP contribution in [0.1, 0.15) is 44.6 Å². The molecule has 0 bridgehead atoms. The Morgan fingerprint density at radius 3 is 2.67 bits per heavy atom. The molecule has 0 unspecified atom stereocenters. The van der Waals surface area contributed by atoms with Gasteiger partial charge in [-0.2, -0.15) is 0 Å². The zero-order valence-electron chi connectivity index (χ0n) is 14.6. The average molecular weight is 351 g/mol. The Morgan fingerprint density at radius 1 is 1.33 bits per heavy atom. The summed E-state index contributed by atoms with van der Waals surface area (Å²) in [5, 5.41) is 0.678. The first-order valence-electron chi connectivity index (χ1n) is 8.83. The molecule has 1 saturated heterocycles. The van der Waals surface area contributed by atoms with Crippen molar-refractivity contribution in [2.45, 2.75) is 51.5 Å². The molecule has 1 spiro atoms. The number of carbonyl (C=O) groups excluding carboxylic acids is 1. The maximum Gasteiger partial charge on any atom is 0.222 e. The van der Waals surface area contributed by atoms with Crippen LogP contribution in [0.25, 0.3) is 0 Å². The number of nitrogens with zero attached hydrogens (tertiary/aromatic N) is 2. The smallest absolute Gasteiger partial charge is 0.222 e. The maximum absolute atomic E-state index is 12.5. The lowest BCUT2D eigenvalue weighted by molar-refractivity contribution is -0.140. The fourth-order valence-electron chi connectivity index (χ4n) is 4.12. The number of nitrogens with one attached hydrogen (secondary N) is 1. The zero-order chi connectivity index (χ0) is 17.3. The molecule has 5 nitrogen and oxygen atoms in total. The lowest BCUT2D eigenvalue weighted by atomic mass is 9.74. The summed E-state index contributed by atoms with van der Waals surface area (Å²) < 4.78 is 0. The van der Waals surface area contributed by atoms with Crippen LogP contribution in [0.2, 0.25) is 5.02 Å². The Balaban J connectivity index is 1.94. The average Bonchev–Trinajstić information content (AvgIpc) is 2.75. The SMILES string of the molecule is CCC(=O)N1CCCN(c2cc(Cl)cc(NN)c2C)CC12CCC2. The van der Waals surface area contributed by atoms with Gasteiger partial charge in [0.25, 0.3) is 0 Å². The highest BCUT2D eigenvalue weighted by atomic mass is 35.5. The first kappa shape index (κ1) is 17.4. The van der Waals surface area contributed by atoms with Gasteiger partial charge in [-0.25, -0.2) is 0 Å². The van der Waals surface area contributed by atoms with E-state index in [1.165, 1.54) is 6.42 Å². The van der Waals surface area contributed by atoms with Crippen molar-refractivity contribution in [2.75, 3.05) is 30.0 Å². The minimum absolute atomic E-state index is 0.00530. The lowest BCUT2D eigenvalue weighted by Gasteiger charge is -2.51. The van der Waals surface area contributed by atoms with Crippen LogP contribution >= 0.6 is 11.6 Å². The number of halogens is 1. The Bertz CT molecular complexity index is 630. The van der Waals surface area contributed by atoms with Gasteiger partial charge in [0.15, 0.2) is 0 Å². The fraction of sp³-hybridized carbons (Fsp3) is 0.611. The van der Waals surface area contributed by atoms with Crippen molar-refractivity contribution in [2.24, 2.45) is 5.84 Å². The van der Waals surface area contributed by atoms with Crippen LogP contribution in [0.3, 0.4) is 0 Å². The summed E-state index contributed by atoms with van der Waals surface area (Å²) in [6, 6.07) is 3.87. The van der Waals surface area contributed by atoms with Gasteiger partial charge in [0.2, 0.25) is 5.91 Å². The number of rotatable bonds is 3. The predicted molar refractivity (Wildman–Crippen MR) is 99.4 cm³/mol. The van der Waals surface area contributed by atoms with Gasteiger partial charge in [-0.1, -0.05) is 18.5 Å². The van der Waals surface area contributed by atoms with Crippen LogP contribution in [0.15, 0.2) is 12.1 Å². The third-order valence-corrected chi connectivity index (χ3v) is 5.81. The molecule has 0 aromatic heterocycles. The summed E-state index contributed by atoms with van der Waals surface area (Å²) in [4.78, 5) is 17.0. The van der Waals surface area contributed by atoms with Crippen LogP contribution in [0.5, 0.6) is 0 Å².